The molecule has 2 heterocycles. The lowest BCUT2D eigenvalue weighted by Crippen LogP contribution is -2.44. The quantitative estimate of drug-likeness (QED) is 0.400. The number of alkyl halides is 2. The second-order valence-corrected chi connectivity index (χ2v) is 8.33. The number of amides is 2. The van der Waals surface area contributed by atoms with Crippen molar-refractivity contribution in [2.24, 2.45) is 0 Å². The highest BCUT2D eigenvalue weighted by atomic mass is 19.3. The number of hydrogen-bond donors (Lipinski definition) is 1. The fraction of sp³-hybridized carbons (Fsp3) is 0.320. The summed E-state index contributed by atoms with van der Waals surface area (Å²) in [7, 11) is 2.77. The van der Waals surface area contributed by atoms with Crippen LogP contribution in [0.15, 0.2) is 48.8 Å². The van der Waals surface area contributed by atoms with Gasteiger partial charge in [-0.2, -0.15) is 8.78 Å². The van der Waals surface area contributed by atoms with Gasteiger partial charge in [-0.25, -0.2) is 13.8 Å². The molecular weight excluding hydrogens is 512 g/mol. The van der Waals surface area contributed by atoms with Gasteiger partial charge in [0.1, 0.15) is 29.2 Å². The fourth-order valence-corrected chi connectivity index (χ4v) is 4.29. The number of benzene rings is 2. The van der Waals surface area contributed by atoms with Crippen LogP contribution in [0.4, 0.5) is 23.5 Å². The molecule has 4 rings (SSSR count). The molecule has 3 aromatic rings. The molecule has 0 bridgehead atoms. The molecule has 1 N–H and O–H groups in total. The van der Waals surface area contributed by atoms with E-state index in [4.69, 9.17) is 9.47 Å². The first-order valence-corrected chi connectivity index (χ1v) is 11.4. The second kappa shape index (κ2) is 11.5. The van der Waals surface area contributed by atoms with Crippen molar-refractivity contribution in [3.63, 3.8) is 0 Å². The van der Waals surface area contributed by atoms with E-state index < -0.39 is 47.6 Å². The van der Waals surface area contributed by atoms with Gasteiger partial charge in [0, 0.05) is 61.8 Å². The molecule has 202 valence electrons. The summed E-state index contributed by atoms with van der Waals surface area (Å²) >= 11 is 0. The maximum Gasteiger partial charge on any atom is 0.387 e. The van der Waals surface area contributed by atoms with Crippen molar-refractivity contribution >= 4 is 17.8 Å². The van der Waals surface area contributed by atoms with Gasteiger partial charge in [-0.1, -0.05) is 0 Å². The Bertz CT molecular complexity index is 1280. The molecule has 9 nitrogen and oxygen atoms in total. The van der Waals surface area contributed by atoms with Crippen LogP contribution in [0.1, 0.15) is 21.8 Å². The van der Waals surface area contributed by atoms with Crippen LogP contribution in [0.2, 0.25) is 0 Å². The summed E-state index contributed by atoms with van der Waals surface area (Å²) < 4.78 is 71.0. The Morgan fingerprint density at radius 2 is 1.82 bits per heavy atom. The zero-order valence-corrected chi connectivity index (χ0v) is 20.4. The minimum Gasteiger partial charge on any atom is -0.497 e. The molecule has 2 atom stereocenters. The zero-order chi connectivity index (χ0) is 27.4. The number of ether oxygens (including phenoxy) is 3. The van der Waals surface area contributed by atoms with Crippen LogP contribution in [0.25, 0.3) is 0 Å². The number of halogens is 4. The topological polar surface area (TPSA) is 94.9 Å². The average Bonchev–Trinajstić information content (AvgIpc) is 3.46. The summed E-state index contributed by atoms with van der Waals surface area (Å²) in [5.41, 5.74) is -0.378. The molecule has 0 unspecified atom stereocenters. The third-order valence-electron chi connectivity index (χ3n) is 6.07. The first kappa shape index (κ1) is 26.9. The van der Waals surface area contributed by atoms with Gasteiger partial charge < -0.3 is 24.1 Å². The van der Waals surface area contributed by atoms with Crippen LogP contribution >= 0.6 is 0 Å². The Morgan fingerprint density at radius 1 is 1.13 bits per heavy atom. The number of aromatic nitrogens is 2. The Kier molecular flexibility index (Phi) is 8.15. The molecule has 1 aromatic heterocycles. The zero-order valence-electron chi connectivity index (χ0n) is 20.4. The lowest BCUT2D eigenvalue weighted by molar-refractivity contribution is -0.118. The van der Waals surface area contributed by atoms with Gasteiger partial charge in [-0.05, 0) is 24.3 Å². The van der Waals surface area contributed by atoms with E-state index >= 15 is 8.78 Å². The largest absolute Gasteiger partial charge is 0.497 e. The van der Waals surface area contributed by atoms with Crippen molar-refractivity contribution in [1.29, 1.82) is 0 Å². The molecule has 38 heavy (non-hydrogen) atoms. The summed E-state index contributed by atoms with van der Waals surface area (Å²) in [6, 6.07) is 5.39. The van der Waals surface area contributed by atoms with Crippen molar-refractivity contribution in [2.75, 3.05) is 32.3 Å². The van der Waals surface area contributed by atoms with E-state index in [2.05, 4.69) is 15.0 Å². The molecule has 13 heteroatoms. The van der Waals surface area contributed by atoms with Crippen molar-refractivity contribution in [2.45, 2.75) is 25.1 Å². The first-order valence-electron chi connectivity index (χ1n) is 11.4. The summed E-state index contributed by atoms with van der Waals surface area (Å²) in [4.78, 5) is 32.0. The summed E-state index contributed by atoms with van der Waals surface area (Å²) in [6.07, 6.45) is 3.09. The highest BCUT2D eigenvalue weighted by Crippen LogP contribution is 2.36. The Morgan fingerprint density at radius 3 is 2.42 bits per heavy atom. The van der Waals surface area contributed by atoms with Crippen LogP contribution < -0.4 is 19.7 Å². The molecule has 1 fully saturated rings. The van der Waals surface area contributed by atoms with Gasteiger partial charge >= 0.3 is 6.61 Å². The Balaban J connectivity index is 1.67. The summed E-state index contributed by atoms with van der Waals surface area (Å²) in [5.74, 6) is -4.41. The number of hydrogen-bond acceptors (Lipinski definition) is 6. The van der Waals surface area contributed by atoms with Crippen molar-refractivity contribution in [1.82, 2.24) is 14.9 Å². The van der Waals surface area contributed by atoms with Crippen LogP contribution in [0.5, 0.6) is 11.5 Å². The number of anilines is 1. The molecule has 2 aromatic carbocycles. The van der Waals surface area contributed by atoms with E-state index in [0.29, 0.717) is 13.2 Å². The van der Waals surface area contributed by atoms with Crippen LogP contribution in [-0.4, -0.2) is 61.4 Å². The Hall–Kier alpha value is -4.13. The minimum absolute atomic E-state index is 0.0221. The first-order chi connectivity index (χ1) is 18.2. The number of carbonyl (C=O) groups is 2. The highest BCUT2D eigenvalue weighted by Gasteiger charge is 2.46. The highest BCUT2D eigenvalue weighted by molar-refractivity contribution is 6.04. The number of carbonyl (C=O) groups excluding carboxylic acids is 2. The monoisotopic (exact) mass is 536 g/mol. The number of rotatable bonds is 10. The van der Waals surface area contributed by atoms with Gasteiger partial charge in [0.2, 0.25) is 5.95 Å². The van der Waals surface area contributed by atoms with Gasteiger partial charge in [-0.15, -0.1) is 0 Å². The number of methoxy groups -OCH3 is 2. The predicted octanol–water partition coefficient (Wildman–Crippen LogP) is 3.35. The normalized spacial score (nSPS) is 17.2. The molecule has 2 amide bonds. The van der Waals surface area contributed by atoms with Gasteiger partial charge in [-0.3, -0.25) is 14.5 Å². The molecule has 1 aliphatic heterocycles. The van der Waals surface area contributed by atoms with Crippen LogP contribution in [0, 0.1) is 11.6 Å². The van der Waals surface area contributed by atoms with Gasteiger partial charge in [0.15, 0.2) is 0 Å². The van der Waals surface area contributed by atoms with Crippen LogP contribution in [0.3, 0.4) is 0 Å². The number of nitrogens with zero attached hydrogens (tertiary/aromatic N) is 3. The lowest BCUT2D eigenvalue weighted by atomic mass is 9.92. The SMILES string of the molecule is COCCn1ccnc1N1C[C@@H](c2c(F)cc(OC)cc2F)[C@H](NC(=O)c2ccc(OC(F)F)cc2)C1=O. The van der Waals surface area contributed by atoms with E-state index in [1.54, 1.807) is 10.8 Å². The fourth-order valence-electron chi connectivity index (χ4n) is 4.29. The van der Waals surface area contributed by atoms with Crippen LogP contribution in [-0.2, 0) is 16.1 Å². The van der Waals surface area contributed by atoms with Crippen molar-refractivity contribution in [3.05, 3.63) is 71.6 Å². The number of nitrogens with one attached hydrogen (secondary N) is 1. The molecule has 1 aliphatic rings. The number of imidazole rings is 1. The minimum atomic E-state index is -3.04. The van der Waals surface area contributed by atoms with Gasteiger partial charge in [0.05, 0.1) is 13.7 Å². The van der Waals surface area contributed by atoms with E-state index in [9.17, 15) is 18.4 Å². The molecule has 0 saturated carbocycles. The molecule has 0 aliphatic carbocycles. The van der Waals surface area contributed by atoms with E-state index in [1.807, 2.05) is 0 Å². The predicted molar refractivity (Wildman–Crippen MR) is 126 cm³/mol. The van der Waals surface area contributed by atoms with Crippen molar-refractivity contribution < 1.29 is 41.4 Å². The summed E-state index contributed by atoms with van der Waals surface area (Å²) in [6.45, 7) is -2.55. The third-order valence-corrected chi connectivity index (χ3v) is 6.07. The molecule has 0 radical (unpaired) electrons. The molecule has 0 spiro atoms. The van der Waals surface area contributed by atoms with Crippen molar-refractivity contribution in [3.8, 4) is 11.5 Å². The second-order valence-electron chi connectivity index (χ2n) is 8.33. The third kappa shape index (κ3) is 5.57. The maximum atomic E-state index is 15.1. The summed E-state index contributed by atoms with van der Waals surface area (Å²) in [5, 5.41) is 2.55. The molecule has 1 saturated heterocycles. The lowest BCUT2D eigenvalue weighted by Gasteiger charge is -2.20. The standard InChI is InChI=1S/C25H24F4N4O5/c1-36-10-9-32-8-7-30-25(32)33-13-17(20-18(26)11-16(37-2)12-19(20)27)21(23(33)35)31-22(34)14-3-5-15(6-4-14)38-24(28)29/h3-8,11-12,17,21,24H,9-10,13H2,1-2H3,(H,31,34)/t17-,21-/m0/s1. The van der Waals surface area contributed by atoms with Gasteiger partial charge in [0.25, 0.3) is 11.8 Å². The molecular formula is C25H24F4N4O5. The van der Waals surface area contributed by atoms with E-state index in [0.717, 1.165) is 24.3 Å². The van der Waals surface area contributed by atoms with E-state index in [1.165, 1.54) is 37.4 Å². The maximum absolute atomic E-state index is 15.1. The Labute approximate surface area is 214 Å². The smallest absolute Gasteiger partial charge is 0.387 e. The average molecular weight is 536 g/mol. The van der Waals surface area contributed by atoms with E-state index in [-0.39, 0.29) is 29.6 Å².